The number of piperazine rings is 1. The molecule has 7 heteroatoms. The second kappa shape index (κ2) is 10.4. The van der Waals surface area contributed by atoms with Gasteiger partial charge in [-0.3, -0.25) is 9.47 Å². The summed E-state index contributed by atoms with van der Waals surface area (Å²) in [6, 6.07) is 16.6. The molecule has 1 aliphatic rings. The van der Waals surface area contributed by atoms with Crippen LogP contribution in [0.5, 0.6) is 0 Å². The fourth-order valence-corrected chi connectivity index (χ4v) is 4.64. The van der Waals surface area contributed by atoms with Crippen molar-refractivity contribution in [3.8, 4) is 17.1 Å². The van der Waals surface area contributed by atoms with Crippen LogP contribution in [0.4, 0.5) is 5.82 Å². The van der Waals surface area contributed by atoms with Crippen LogP contribution in [0, 0.1) is 0 Å². The van der Waals surface area contributed by atoms with Gasteiger partial charge in [-0.25, -0.2) is 15.0 Å². The molecule has 0 radical (unpaired) electrons. The lowest BCUT2D eigenvalue weighted by Crippen LogP contribution is -2.42. The Balaban J connectivity index is 1.62. The molecule has 0 unspecified atom stereocenters. The fraction of sp³-hybridized carbons (Fsp3) is 0.276. The van der Waals surface area contributed by atoms with Crippen LogP contribution >= 0.6 is 0 Å². The Morgan fingerprint density at radius 2 is 1.81 bits per heavy atom. The van der Waals surface area contributed by atoms with Crippen molar-refractivity contribution < 1.29 is 0 Å². The minimum Gasteiger partial charge on any atom is -0.383 e. The highest BCUT2D eigenvalue weighted by Crippen LogP contribution is 2.31. The number of nitrogens with one attached hydrogen (secondary N) is 1. The minimum atomic E-state index is 0.447. The van der Waals surface area contributed by atoms with Crippen LogP contribution in [0.2, 0.25) is 0 Å². The van der Waals surface area contributed by atoms with Gasteiger partial charge in [-0.05, 0) is 68.3 Å². The Bertz CT molecular complexity index is 1420. The number of nitrogens with two attached hydrogens (primary N) is 1. The average molecular weight is 480 g/mol. The van der Waals surface area contributed by atoms with Gasteiger partial charge in [0.15, 0.2) is 11.5 Å². The molecule has 4 heterocycles. The highest BCUT2D eigenvalue weighted by atomic mass is 15.2. The predicted molar refractivity (Wildman–Crippen MR) is 148 cm³/mol. The summed E-state index contributed by atoms with van der Waals surface area (Å²) < 4.78 is 2.09. The van der Waals surface area contributed by atoms with Crippen LogP contribution in [0.3, 0.4) is 0 Å². The van der Waals surface area contributed by atoms with Crippen molar-refractivity contribution in [1.29, 1.82) is 0 Å². The van der Waals surface area contributed by atoms with Gasteiger partial charge in [0.1, 0.15) is 11.3 Å². The van der Waals surface area contributed by atoms with Crippen molar-refractivity contribution in [3.63, 3.8) is 0 Å². The van der Waals surface area contributed by atoms with E-state index in [-0.39, 0.29) is 0 Å². The van der Waals surface area contributed by atoms with E-state index in [1.54, 1.807) is 6.20 Å². The number of anilines is 1. The zero-order valence-electron chi connectivity index (χ0n) is 21.2. The van der Waals surface area contributed by atoms with Crippen LogP contribution in [0.1, 0.15) is 32.0 Å². The summed E-state index contributed by atoms with van der Waals surface area (Å²) in [5.41, 5.74) is 14.2. The number of rotatable bonds is 6. The van der Waals surface area contributed by atoms with Crippen LogP contribution < -0.4 is 11.1 Å². The van der Waals surface area contributed by atoms with Crippen LogP contribution in [-0.4, -0.2) is 50.6 Å². The monoisotopic (exact) mass is 479 g/mol. The van der Waals surface area contributed by atoms with E-state index >= 15 is 0 Å². The van der Waals surface area contributed by atoms with Crippen molar-refractivity contribution in [2.75, 3.05) is 31.9 Å². The SMILES string of the molecule is C/C=C(\C=C(C)C)c1ccc2nc(-c3cccnc3N)n(-c3ccc(CN4CCNCC4)cc3)c2n1. The lowest BCUT2D eigenvalue weighted by Gasteiger charge is -2.27. The van der Waals surface area contributed by atoms with Crippen molar-refractivity contribution in [2.45, 2.75) is 27.3 Å². The number of allylic oxidation sites excluding steroid dienone is 4. The normalized spacial score (nSPS) is 14.8. The predicted octanol–water partition coefficient (Wildman–Crippen LogP) is 4.84. The van der Waals surface area contributed by atoms with Gasteiger partial charge in [0.25, 0.3) is 0 Å². The van der Waals surface area contributed by atoms with Gasteiger partial charge >= 0.3 is 0 Å². The van der Waals surface area contributed by atoms with Crippen LogP contribution in [0.15, 0.2) is 72.5 Å². The van der Waals surface area contributed by atoms with E-state index in [0.717, 1.165) is 72.2 Å². The first kappa shape index (κ1) is 23.9. The number of benzene rings is 1. The average Bonchev–Trinajstić information content (AvgIpc) is 3.27. The molecule has 1 aromatic carbocycles. The maximum atomic E-state index is 6.29. The van der Waals surface area contributed by atoms with E-state index in [9.17, 15) is 0 Å². The van der Waals surface area contributed by atoms with E-state index in [2.05, 4.69) is 70.0 Å². The van der Waals surface area contributed by atoms with Gasteiger partial charge < -0.3 is 11.1 Å². The van der Waals surface area contributed by atoms with Gasteiger partial charge in [0, 0.05) is 44.6 Å². The highest BCUT2D eigenvalue weighted by Gasteiger charge is 2.19. The third kappa shape index (κ3) is 4.94. The zero-order chi connectivity index (χ0) is 25.1. The number of imidazole rings is 1. The molecular formula is C29H33N7. The number of fused-ring (bicyclic) bond motifs is 1. The molecule has 0 amide bonds. The van der Waals surface area contributed by atoms with E-state index in [0.29, 0.717) is 5.82 Å². The third-order valence-corrected chi connectivity index (χ3v) is 6.45. The molecular weight excluding hydrogens is 446 g/mol. The second-order valence-corrected chi connectivity index (χ2v) is 9.40. The van der Waals surface area contributed by atoms with Crippen LogP contribution in [0.25, 0.3) is 33.8 Å². The Kier molecular flexibility index (Phi) is 6.93. The zero-order valence-corrected chi connectivity index (χ0v) is 21.2. The number of pyridine rings is 2. The Hall–Kier alpha value is -3.81. The molecule has 1 aliphatic heterocycles. The molecule has 0 aliphatic carbocycles. The van der Waals surface area contributed by atoms with Gasteiger partial charge in [-0.1, -0.05) is 29.9 Å². The first-order valence-electron chi connectivity index (χ1n) is 12.5. The van der Waals surface area contributed by atoms with Gasteiger partial charge in [0.05, 0.1) is 11.3 Å². The topological polar surface area (TPSA) is 84.9 Å². The molecule has 184 valence electrons. The summed E-state index contributed by atoms with van der Waals surface area (Å²) in [5, 5.41) is 3.42. The summed E-state index contributed by atoms with van der Waals surface area (Å²) in [6.07, 6.45) is 5.94. The Morgan fingerprint density at radius 3 is 2.50 bits per heavy atom. The Labute approximate surface area is 212 Å². The third-order valence-electron chi connectivity index (χ3n) is 6.45. The maximum Gasteiger partial charge on any atom is 0.165 e. The van der Waals surface area contributed by atoms with Crippen molar-refractivity contribution in [3.05, 3.63) is 83.7 Å². The molecule has 36 heavy (non-hydrogen) atoms. The summed E-state index contributed by atoms with van der Waals surface area (Å²) in [6.45, 7) is 11.4. The van der Waals surface area contributed by atoms with Crippen molar-refractivity contribution in [1.82, 2.24) is 29.7 Å². The molecule has 5 rings (SSSR count). The number of nitrogens with zero attached hydrogens (tertiary/aromatic N) is 5. The smallest absolute Gasteiger partial charge is 0.165 e. The Morgan fingerprint density at radius 1 is 1.03 bits per heavy atom. The molecule has 3 N–H and O–H groups in total. The highest BCUT2D eigenvalue weighted by molar-refractivity contribution is 5.85. The number of hydrogen-bond acceptors (Lipinski definition) is 6. The number of aromatic nitrogens is 4. The quantitative estimate of drug-likeness (QED) is 0.385. The molecule has 4 aromatic rings. The standard InChI is InChI=1S/C29H33N7/c1-4-22(18-20(2)3)25-11-12-26-29(33-25)36(28(34-26)24-6-5-13-32-27(24)30)23-9-7-21(8-10-23)19-35-16-14-31-15-17-35/h4-13,18,31H,14-17,19H2,1-3H3,(H2,30,32)/b22-4+. The van der Waals surface area contributed by atoms with Gasteiger partial charge in [0.2, 0.25) is 0 Å². The molecule has 1 saturated heterocycles. The number of hydrogen-bond donors (Lipinski definition) is 2. The molecule has 0 atom stereocenters. The fourth-order valence-electron chi connectivity index (χ4n) is 4.64. The van der Waals surface area contributed by atoms with Crippen LogP contribution in [-0.2, 0) is 6.54 Å². The largest absolute Gasteiger partial charge is 0.383 e. The van der Waals surface area contributed by atoms with E-state index in [4.69, 9.17) is 15.7 Å². The molecule has 1 fully saturated rings. The number of nitrogen functional groups attached to an aromatic ring is 1. The van der Waals surface area contributed by atoms with E-state index < -0.39 is 0 Å². The molecule has 3 aromatic heterocycles. The molecule has 7 nitrogen and oxygen atoms in total. The molecule has 0 bridgehead atoms. The summed E-state index contributed by atoms with van der Waals surface area (Å²) in [7, 11) is 0. The second-order valence-electron chi connectivity index (χ2n) is 9.40. The van der Waals surface area contributed by atoms with E-state index in [1.807, 2.05) is 31.2 Å². The summed E-state index contributed by atoms with van der Waals surface area (Å²) in [5.74, 6) is 1.18. The minimum absolute atomic E-state index is 0.447. The first-order chi connectivity index (χ1) is 17.5. The van der Waals surface area contributed by atoms with Crippen molar-refractivity contribution >= 4 is 22.6 Å². The lowest BCUT2D eigenvalue weighted by atomic mass is 10.1. The first-order valence-corrected chi connectivity index (χ1v) is 12.5. The van der Waals surface area contributed by atoms with Gasteiger partial charge in [-0.2, -0.15) is 0 Å². The maximum absolute atomic E-state index is 6.29. The molecule has 0 saturated carbocycles. The van der Waals surface area contributed by atoms with Gasteiger partial charge in [-0.15, -0.1) is 0 Å². The molecule has 0 spiro atoms. The van der Waals surface area contributed by atoms with E-state index in [1.165, 1.54) is 11.1 Å². The lowest BCUT2D eigenvalue weighted by molar-refractivity contribution is 0.233. The summed E-state index contributed by atoms with van der Waals surface area (Å²) >= 11 is 0. The van der Waals surface area contributed by atoms with Crippen molar-refractivity contribution in [2.24, 2.45) is 0 Å². The summed E-state index contributed by atoms with van der Waals surface area (Å²) in [4.78, 5) is 16.8.